The van der Waals surface area contributed by atoms with E-state index in [-0.39, 0.29) is 17.9 Å². The Morgan fingerprint density at radius 2 is 1.48 bits per heavy atom. The van der Waals surface area contributed by atoms with Crippen LogP contribution >= 0.6 is 0 Å². The van der Waals surface area contributed by atoms with E-state index in [0.717, 1.165) is 35.2 Å². The fraction of sp³-hybridized carbons (Fsp3) is 0.270. The largest absolute Gasteiger partial charge is 0.291 e. The lowest BCUT2D eigenvalue weighted by molar-refractivity contribution is -0.125. The maximum absolute atomic E-state index is 13.6. The van der Waals surface area contributed by atoms with E-state index in [1.165, 1.54) is 0 Å². The first-order valence-electron chi connectivity index (χ1n) is 14.7. The van der Waals surface area contributed by atoms with Crippen LogP contribution in [0.5, 0.6) is 0 Å². The molecular weight excluding hydrogens is 518 g/mol. The van der Waals surface area contributed by atoms with Gasteiger partial charge in [0.25, 0.3) is 5.91 Å². The van der Waals surface area contributed by atoms with Gasteiger partial charge in [0.05, 0.1) is 23.6 Å². The lowest BCUT2D eigenvalue weighted by Gasteiger charge is -2.33. The van der Waals surface area contributed by atoms with Crippen molar-refractivity contribution in [2.24, 2.45) is 5.92 Å². The van der Waals surface area contributed by atoms with Gasteiger partial charge in [-0.05, 0) is 66.1 Å². The van der Waals surface area contributed by atoms with E-state index in [4.69, 9.17) is 0 Å². The van der Waals surface area contributed by atoms with Gasteiger partial charge in [0.1, 0.15) is 0 Å². The van der Waals surface area contributed by atoms with Crippen molar-refractivity contribution in [1.29, 1.82) is 5.26 Å². The molecule has 1 fully saturated rings. The summed E-state index contributed by atoms with van der Waals surface area (Å²) in [5, 5.41) is 13.0. The minimum atomic E-state index is -0.736. The van der Waals surface area contributed by atoms with Crippen LogP contribution in [-0.2, 0) is 16.6 Å². The molecule has 0 bridgehead atoms. The average Bonchev–Trinajstić information content (AvgIpc) is 3.51. The molecule has 1 saturated heterocycles. The highest BCUT2D eigenvalue weighted by molar-refractivity contribution is 6.06. The predicted octanol–water partition coefficient (Wildman–Crippen LogP) is 6.86. The van der Waals surface area contributed by atoms with Crippen molar-refractivity contribution in [1.82, 2.24) is 10.2 Å². The van der Waals surface area contributed by atoms with Crippen LogP contribution in [0, 0.1) is 17.2 Å². The number of hydrogen-bond acceptors (Lipinski definition) is 4. The number of amides is 2. The first-order valence-corrected chi connectivity index (χ1v) is 14.7. The Hall–Kier alpha value is -4.53. The summed E-state index contributed by atoms with van der Waals surface area (Å²) >= 11 is 0. The molecule has 0 aromatic heterocycles. The topological polar surface area (TPSA) is 73.2 Å². The molecule has 0 radical (unpaired) electrons. The smallest absolute Gasteiger partial charge is 0.257 e. The quantitative estimate of drug-likeness (QED) is 0.229. The number of carbonyl (C=O) groups is 2. The van der Waals surface area contributed by atoms with Crippen LogP contribution in [0.3, 0.4) is 0 Å². The molecule has 5 heteroatoms. The van der Waals surface area contributed by atoms with E-state index in [9.17, 15) is 14.9 Å². The maximum atomic E-state index is 13.6. The number of imide groups is 1. The molecule has 1 aliphatic rings. The van der Waals surface area contributed by atoms with E-state index in [1.54, 1.807) is 6.07 Å². The molecule has 4 aromatic rings. The molecule has 1 heterocycles. The molecule has 0 saturated carbocycles. The molecule has 0 aliphatic carbocycles. The number of rotatable bonds is 9. The summed E-state index contributed by atoms with van der Waals surface area (Å²) in [7, 11) is 0. The van der Waals surface area contributed by atoms with Crippen molar-refractivity contribution in [3.05, 3.63) is 143 Å². The summed E-state index contributed by atoms with van der Waals surface area (Å²) in [6, 6.07) is 39.6. The predicted molar refractivity (Wildman–Crippen MR) is 166 cm³/mol. The zero-order valence-electron chi connectivity index (χ0n) is 24.2. The zero-order chi connectivity index (χ0) is 29.5. The number of carbonyl (C=O) groups excluding carboxylic acids is 2. The molecule has 5 nitrogen and oxygen atoms in total. The van der Waals surface area contributed by atoms with Crippen molar-refractivity contribution in [3.63, 3.8) is 0 Å². The standard InChI is InChI=1S/C37H37N3O2/c1-27(2)37(26-38,32-20-10-5-11-21-32)25-28-14-12-19-31(24-28)35(41)39-36(42)33-22-13-23-40(33)34(29-15-6-3-7-16-29)30-17-8-4-9-18-30/h3-12,14-21,24,27,33-34H,13,22-23,25H2,1-2H3,(H,39,41,42)/t33-,37?/m1/s1. The lowest BCUT2D eigenvalue weighted by Crippen LogP contribution is -2.46. The Balaban J connectivity index is 1.35. The Bertz CT molecular complexity index is 1510. The number of hydrogen-bond donors (Lipinski definition) is 1. The van der Waals surface area contributed by atoms with E-state index >= 15 is 0 Å². The van der Waals surface area contributed by atoms with E-state index < -0.39 is 17.4 Å². The highest BCUT2D eigenvalue weighted by Crippen LogP contribution is 2.36. The van der Waals surface area contributed by atoms with E-state index in [2.05, 4.69) is 54.4 Å². The minimum Gasteiger partial charge on any atom is -0.291 e. The molecule has 2 amide bonds. The van der Waals surface area contributed by atoms with Gasteiger partial charge < -0.3 is 0 Å². The molecule has 0 spiro atoms. The molecule has 42 heavy (non-hydrogen) atoms. The van der Waals surface area contributed by atoms with Crippen molar-refractivity contribution in [3.8, 4) is 6.07 Å². The SMILES string of the molecule is CC(C)C(C#N)(Cc1cccc(C(=O)NC(=O)[C@H]2CCCN2C(c2ccccc2)c2ccccc2)c1)c1ccccc1. The van der Waals surface area contributed by atoms with Gasteiger partial charge in [0.15, 0.2) is 0 Å². The number of nitrogens with zero attached hydrogens (tertiary/aromatic N) is 2. The van der Waals surface area contributed by atoms with E-state index in [1.807, 2.05) is 84.9 Å². The van der Waals surface area contributed by atoms with Gasteiger partial charge in [-0.15, -0.1) is 0 Å². The Morgan fingerprint density at radius 3 is 2.05 bits per heavy atom. The average molecular weight is 556 g/mol. The third kappa shape index (κ3) is 6.05. The van der Waals surface area contributed by atoms with Crippen molar-refractivity contribution in [2.45, 2.75) is 50.6 Å². The van der Waals surface area contributed by atoms with Gasteiger partial charge in [-0.2, -0.15) is 5.26 Å². The number of benzene rings is 4. The molecule has 1 aliphatic heterocycles. The summed E-state index contributed by atoms with van der Waals surface area (Å²) in [4.78, 5) is 29.2. The Labute approximate surface area is 248 Å². The van der Waals surface area contributed by atoms with Crippen LogP contribution in [0.1, 0.15) is 65.3 Å². The van der Waals surface area contributed by atoms with Gasteiger partial charge in [-0.3, -0.25) is 19.8 Å². The van der Waals surface area contributed by atoms with Crippen LogP contribution in [-0.4, -0.2) is 29.3 Å². The summed E-state index contributed by atoms with van der Waals surface area (Å²) in [6.07, 6.45) is 2.03. The minimum absolute atomic E-state index is 0.0551. The van der Waals surface area contributed by atoms with E-state index in [0.29, 0.717) is 18.4 Å². The van der Waals surface area contributed by atoms with Gasteiger partial charge in [0.2, 0.25) is 5.91 Å². The summed E-state index contributed by atoms with van der Waals surface area (Å²) in [5.41, 5.74) is 3.75. The summed E-state index contributed by atoms with van der Waals surface area (Å²) in [6.45, 7) is 4.87. The molecule has 4 aromatic carbocycles. The molecule has 212 valence electrons. The highest BCUT2D eigenvalue weighted by atomic mass is 16.2. The molecular formula is C37H37N3O2. The van der Waals surface area contributed by atoms with Gasteiger partial charge in [-0.25, -0.2) is 0 Å². The summed E-state index contributed by atoms with van der Waals surface area (Å²) in [5.74, 6) is -0.645. The maximum Gasteiger partial charge on any atom is 0.257 e. The number of nitrogens with one attached hydrogen (secondary N) is 1. The number of likely N-dealkylation sites (tertiary alicyclic amines) is 1. The Kier molecular flexibility index (Phi) is 8.95. The lowest BCUT2D eigenvalue weighted by atomic mass is 9.69. The van der Waals surface area contributed by atoms with Gasteiger partial charge in [0, 0.05) is 5.56 Å². The zero-order valence-corrected chi connectivity index (χ0v) is 24.2. The fourth-order valence-corrected chi connectivity index (χ4v) is 6.25. The van der Waals surface area contributed by atoms with Crippen molar-refractivity contribution in [2.75, 3.05) is 6.54 Å². The molecule has 1 unspecified atom stereocenters. The van der Waals surface area contributed by atoms with Crippen molar-refractivity contribution >= 4 is 11.8 Å². The first-order chi connectivity index (χ1) is 20.4. The summed E-state index contributed by atoms with van der Waals surface area (Å²) < 4.78 is 0. The first kappa shape index (κ1) is 29.0. The van der Waals surface area contributed by atoms with Crippen LogP contribution in [0.15, 0.2) is 115 Å². The molecule has 2 atom stereocenters. The van der Waals surface area contributed by atoms with Crippen LogP contribution in [0.2, 0.25) is 0 Å². The second-order valence-electron chi connectivity index (χ2n) is 11.4. The fourth-order valence-electron chi connectivity index (χ4n) is 6.25. The van der Waals surface area contributed by atoms with Gasteiger partial charge >= 0.3 is 0 Å². The molecule has 5 rings (SSSR count). The third-order valence-corrected chi connectivity index (χ3v) is 8.54. The van der Waals surface area contributed by atoms with Crippen molar-refractivity contribution < 1.29 is 9.59 Å². The molecule has 1 N–H and O–H groups in total. The van der Waals surface area contributed by atoms with Crippen LogP contribution in [0.4, 0.5) is 0 Å². The second kappa shape index (κ2) is 13.0. The number of nitriles is 1. The Morgan fingerprint density at radius 1 is 0.881 bits per heavy atom. The second-order valence-corrected chi connectivity index (χ2v) is 11.4. The third-order valence-electron chi connectivity index (χ3n) is 8.54. The van der Waals surface area contributed by atoms with Crippen LogP contribution in [0.25, 0.3) is 0 Å². The normalized spacial score (nSPS) is 16.6. The van der Waals surface area contributed by atoms with Crippen LogP contribution < -0.4 is 5.32 Å². The van der Waals surface area contributed by atoms with Gasteiger partial charge in [-0.1, -0.05) is 117 Å². The highest BCUT2D eigenvalue weighted by Gasteiger charge is 2.38. The monoisotopic (exact) mass is 555 g/mol.